The Morgan fingerprint density at radius 1 is 1.14 bits per heavy atom. The molecule has 6 heteroatoms. The van der Waals surface area contributed by atoms with Gasteiger partial charge in [-0.25, -0.2) is 0 Å². The first-order valence-electron chi connectivity index (χ1n) is 10.7. The molecule has 1 aromatic carbocycles. The Bertz CT molecular complexity index is 923. The van der Waals surface area contributed by atoms with Crippen LogP contribution in [0.4, 0.5) is 0 Å². The largest absolute Gasteiger partial charge is 0.486 e. The third kappa shape index (κ3) is 3.18. The van der Waals surface area contributed by atoms with Gasteiger partial charge in [-0.1, -0.05) is 18.0 Å². The van der Waals surface area contributed by atoms with E-state index in [1.54, 1.807) is 0 Å². The van der Waals surface area contributed by atoms with Gasteiger partial charge in [-0.05, 0) is 56.4 Å². The maximum atomic E-state index is 13.2. The van der Waals surface area contributed by atoms with Crippen molar-refractivity contribution in [3.8, 4) is 11.5 Å². The molecular formula is C23H28N2O4. The zero-order chi connectivity index (χ0) is 20.0. The number of nitrogens with zero attached hydrogens (tertiary/aromatic N) is 2. The maximum Gasteiger partial charge on any atom is 0.223 e. The molecule has 0 N–H and O–H groups in total. The Morgan fingerprint density at radius 3 is 2.55 bits per heavy atom. The minimum Gasteiger partial charge on any atom is -0.486 e. The minimum atomic E-state index is 0.0576. The van der Waals surface area contributed by atoms with E-state index in [0.717, 1.165) is 47.9 Å². The van der Waals surface area contributed by atoms with Gasteiger partial charge in [0.05, 0.1) is 5.69 Å². The molecule has 0 unspecified atom stereocenters. The van der Waals surface area contributed by atoms with Crippen LogP contribution in [0.25, 0.3) is 0 Å². The molecule has 1 aromatic heterocycles. The van der Waals surface area contributed by atoms with Gasteiger partial charge in [0.1, 0.15) is 19.0 Å². The van der Waals surface area contributed by atoms with Gasteiger partial charge in [0, 0.05) is 30.5 Å². The number of aromatic nitrogens is 1. The van der Waals surface area contributed by atoms with E-state index >= 15 is 0 Å². The highest BCUT2D eigenvalue weighted by atomic mass is 16.6. The summed E-state index contributed by atoms with van der Waals surface area (Å²) in [5.74, 6) is 2.69. The fraction of sp³-hybridized carbons (Fsp3) is 0.565. The van der Waals surface area contributed by atoms with Crippen LogP contribution >= 0.6 is 0 Å². The van der Waals surface area contributed by atoms with Crippen LogP contribution < -0.4 is 9.47 Å². The zero-order valence-corrected chi connectivity index (χ0v) is 17.3. The van der Waals surface area contributed by atoms with Gasteiger partial charge in [-0.3, -0.25) is 4.79 Å². The lowest BCUT2D eigenvalue weighted by atomic mass is 9.73. The number of fused-ring (bicyclic) bond motifs is 3. The molecular weight excluding hydrogens is 368 g/mol. The van der Waals surface area contributed by atoms with Crippen LogP contribution in [0.3, 0.4) is 0 Å². The second-order valence-corrected chi connectivity index (χ2v) is 8.69. The van der Waals surface area contributed by atoms with E-state index in [-0.39, 0.29) is 11.3 Å². The van der Waals surface area contributed by atoms with Crippen LogP contribution in [-0.2, 0) is 23.2 Å². The topological polar surface area (TPSA) is 64.8 Å². The lowest BCUT2D eigenvalue weighted by molar-refractivity contribution is -0.133. The molecule has 1 saturated carbocycles. The molecule has 1 fully saturated rings. The SMILES string of the molecule is Cc1noc(C)c1CCC(=O)N1Cc2cc3c(cc2C2(CCCC2)C1)OCCO3. The molecule has 6 nitrogen and oxygen atoms in total. The number of amides is 1. The van der Waals surface area contributed by atoms with E-state index in [0.29, 0.717) is 32.6 Å². The number of aryl methyl sites for hydroxylation is 2. The summed E-state index contributed by atoms with van der Waals surface area (Å²) in [6.07, 6.45) is 5.86. The van der Waals surface area contributed by atoms with Crippen molar-refractivity contribution < 1.29 is 18.8 Å². The highest BCUT2D eigenvalue weighted by molar-refractivity contribution is 5.77. The van der Waals surface area contributed by atoms with Crippen molar-refractivity contribution in [1.82, 2.24) is 10.1 Å². The Labute approximate surface area is 171 Å². The summed E-state index contributed by atoms with van der Waals surface area (Å²) in [5, 5.41) is 4.01. The number of benzene rings is 1. The fourth-order valence-electron chi connectivity index (χ4n) is 5.37. The van der Waals surface area contributed by atoms with E-state index < -0.39 is 0 Å². The molecule has 1 spiro atoms. The van der Waals surface area contributed by atoms with Crippen LogP contribution in [0.1, 0.15) is 60.2 Å². The number of carbonyl (C=O) groups excluding carboxylic acids is 1. The molecule has 0 saturated heterocycles. The number of rotatable bonds is 3. The van der Waals surface area contributed by atoms with Gasteiger partial charge in [0.25, 0.3) is 0 Å². The Morgan fingerprint density at radius 2 is 1.86 bits per heavy atom. The quantitative estimate of drug-likeness (QED) is 0.788. The number of hydrogen-bond acceptors (Lipinski definition) is 5. The summed E-state index contributed by atoms with van der Waals surface area (Å²) in [5.41, 5.74) is 4.59. The second-order valence-electron chi connectivity index (χ2n) is 8.69. The molecule has 1 aliphatic carbocycles. The molecule has 0 bridgehead atoms. The molecule has 3 aliphatic rings. The summed E-state index contributed by atoms with van der Waals surface area (Å²) in [6.45, 7) is 6.48. The van der Waals surface area contributed by atoms with Crippen molar-refractivity contribution in [2.45, 2.75) is 64.3 Å². The maximum absolute atomic E-state index is 13.2. The van der Waals surface area contributed by atoms with E-state index in [1.807, 2.05) is 13.8 Å². The predicted molar refractivity (Wildman–Crippen MR) is 107 cm³/mol. The average Bonchev–Trinajstić information content (AvgIpc) is 3.32. The summed E-state index contributed by atoms with van der Waals surface area (Å²) in [6, 6.07) is 4.30. The van der Waals surface area contributed by atoms with Gasteiger partial charge in [0.2, 0.25) is 5.91 Å². The minimum absolute atomic E-state index is 0.0576. The standard InChI is InChI=1S/C23H28N2O4/c1-15-18(16(2)29-24-15)5-6-22(26)25-13-17-11-20-21(28-10-9-27-20)12-19(17)23(14-25)7-3-4-8-23/h11-12H,3-10,13-14H2,1-2H3. The van der Waals surface area contributed by atoms with Crippen molar-refractivity contribution in [1.29, 1.82) is 0 Å². The monoisotopic (exact) mass is 396 g/mol. The first-order chi connectivity index (χ1) is 14.1. The molecule has 0 atom stereocenters. The molecule has 2 aliphatic heterocycles. The van der Waals surface area contributed by atoms with Crippen molar-refractivity contribution in [3.05, 3.63) is 40.3 Å². The Hall–Kier alpha value is -2.50. The molecule has 29 heavy (non-hydrogen) atoms. The average molecular weight is 396 g/mol. The number of ether oxygens (including phenoxy) is 2. The summed E-state index contributed by atoms with van der Waals surface area (Å²) < 4.78 is 16.9. The van der Waals surface area contributed by atoms with Crippen molar-refractivity contribution in [3.63, 3.8) is 0 Å². The molecule has 3 heterocycles. The van der Waals surface area contributed by atoms with Gasteiger partial charge in [-0.15, -0.1) is 0 Å². The molecule has 2 aromatic rings. The molecule has 1 amide bonds. The smallest absolute Gasteiger partial charge is 0.223 e. The normalized spacial score (nSPS) is 19.4. The van der Waals surface area contributed by atoms with Crippen molar-refractivity contribution in [2.24, 2.45) is 0 Å². The Kier molecular flexibility index (Phi) is 4.52. The van der Waals surface area contributed by atoms with Crippen LogP contribution in [-0.4, -0.2) is 35.7 Å². The molecule has 5 rings (SSSR count). The first-order valence-corrected chi connectivity index (χ1v) is 10.7. The fourth-order valence-corrected chi connectivity index (χ4v) is 5.37. The zero-order valence-electron chi connectivity index (χ0n) is 17.3. The van der Waals surface area contributed by atoms with E-state index in [9.17, 15) is 4.79 Å². The highest BCUT2D eigenvalue weighted by Crippen LogP contribution is 2.49. The summed E-state index contributed by atoms with van der Waals surface area (Å²) in [4.78, 5) is 15.2. The number of hydrogen-bond donors (Lipinski definition) is 0. The Balaban J connectivity index is 1.41. The van der Waals surface area contributed by atoms with Crippen LogP contribution in [0.2, 0.25) is 0 Å². The van der Waals surface area contributed by atoms with E-state index in [1.165, 1.54) is 24.0 Å². The van der Waals surface area contributed by atoms with Crippen LogP contribution in [0, 0.1) is 13.8 Å². The van der Waals surface area contributed by atoms with Gasteiger partial charge >= 0.3 is 0 Å². The van der Waals surface area contributed by atoms with Crippen LogP contribution in [0.5, 0.6) is 11.5 Å². The number of carbonyl (C=O) groups is 1. The first kappa shape index (κ1) is 18.5. The summed E-state index contributed by atoms with van der Waals surface area (Å²) >= 11 is 0. The third-order valence-corrected chi connectivity index (χ3v) is 6.88. The van der Waals surface area contributed by atoms with E-state index in [2.05, 4.69) is 22.2 Å². The van der Waals surface area contributed by atoms with Gasteiger partial charge in [0.15, 0.2) is 11.5 Å². The molecule has 0 radical (unpaired) electrons. The molecule has 154 valence electrons. The predicted octanol–water partition coefficient (Wildman–Crippen LogP) is 3.85. The van der Waals surface area contributed by atoms with Crippen molar-refractivity contribution >= 4 is 5.91 Å². The lowest BCUT2D eigenvalue weighted by Crippen LogP contribution is -2.47. The summed E-state index contributed by atoms with van der Waals surface area (Å²) in [7, 11) is 0. The van der Waals surface area contributed by atoms with Crippen molar-refractivity contribution in [2.75, 3.05) is 19.8 Å². The van der Waals surface area contributed by atoms with Gasteiger partial charge < -0.3 is 18.9 Å². The highest BCUT2D eigenvalue weighted by Gasteiger charge is 2.43. The third-order valence-electron chi connectivity index (χ3n) is 6.88. The van der Waals surface area contributed by atoms with Gasteiger partial charge in [-0.2, -0.15) is 0 Å². The second kappa shape index (κ2) is 7.08. The van der Waals surface area contributed by atoms with Crippen LogP contribution in [0.15, 0.2) is 16.7 Å². The lowest BCUT2D eigenvalue weighted by Gasteiger charge is -2.43. The van der Waals surface area contributed by atoms with E-state index in [4.69, 9.17) is 14.0 Å².